The minimum Gasteiger partial charge on any atom is -0.364 e. The van der Waals surface area contributed by atoms with Crippen LogP contribution in [-0.4, -0.2) is 20.3 Å². The third-order valence-electron chi connectivity index (χ3n) is 2.48. The molecule has 0 radical (unpaired) electrons. The Labute approximate surface area is 90.5 Å². The van der Waals surface area contributed by atoms with Crippen LogP contribution in [0.1, 0.15) is 10.5 Å². The first-order chi connectivity index (χ1) is 7.75. The molecule has 2 N–H and O–H groups in total. The molecule has 0 saturated heterocycles. The Morgan fingerprint density at radius 1 is 1.38 bits per heavy atom. The van der Waals surface area contributed by atoms with E-state index in [0.29, 0.717) is 5.65 Å². The molecule has 3 aromatic rings. The van der Waals surface area contributed by atoms with Gasteiger partial charge in [0.15, 0.2) is 0 Å². The molecule has 78 valence electrons. The molecule has 0 unspecified atom stereocenters. The van der Waals surface area contributed by atoms with Crippen LogP contribution in [0, 0.1) is 0 Å². The van der Waals surface area contributed by atoms with Gasteiger partial charge in [0.05, 0.1) is 11.7 Å². The molecule has 5 nitrogen and oxygen atoms in total. The Morgan fingerprint density at radius 3 is 3.06 bits per heavy atom. The molecule has 0 aliphatic rings. The molecule has 3 heterocycles. The maximum atomic E-state index is 11.0. The first kappa shape index (κ1) is 8.84. The second-order valence-electron chi connectivity index (χ2n) is 3.49. The van der Waals surface area contributed by atoms with E-state index in [1.807, 2.05) is 16.5 Å². The van der Waals surface area contributed by atoms with Crippen molar-refractivity contribution in [3.63, 3.8) is 0 Å². The monoisotopic (exact) mass is 212 g/mol. The van der Waals surface area contributed by atoms with Gasteiger partial charge in [0.25, 0.3) is 5.91 Å². The van der Waals surface area contributed by atoms with Crippen LogP contribution >= 0.6 is 0 Å². The van der Waals surface area contributed by atoms with E-state index < -0.39 is 5.91 Å². The van der Waals surface area contributed by atoms with E-state index in [1.54, 1.807) is 24.7 Å². The summed E-state index contributed by atoms with van der Waals surface area (Å²) in [6.07, 6.45) is 5.21. The molecule has 3 rings (SSSR count). The summed E-state index contributed by atoms with van der Waals surface area (Å²) in [7, 11) is 0. The number of hydrogen-bond donors (Lipinski definition) is 1. The Balaban J connectivity index is 2.44. The lowest BCUT2D eigenvalue weighted by Crippen LogP contribution is -2.12. The normalized spacial score (nSPS) is 11.0. The van der Waals surface area contributed by atoms with Crippen molar-refractivity contribution in [1.82, 2.24) is 14.4 Å². The average Bonchev–Trinajstić information content (AvgIpc) is 2.66. The van der Waals surface area contributed by atoms with Gasteiger partial charge in [-0.1, -0.05) is 0 Å². The molecule has 0 fully saturated rings. The lowest BCUT2D eigenvalue weighted by atomic mass is 10.3. The SMILES string of the molecule is NC(=O)c1ccc2cc3cnccn3c2n1. The van der Waals surface area contributed by atoms with Gasteiger partial charge in [-0.3, -0.25) is 14.2 Å². The second-order valence-corrected chi connectivity index (χ2v) is 3.49. The fourth-order valence-corrected chi connectivity index (χ4v) is 1.73. The number of hydrogen-bond acceptors (Lipinski definition) is 3. The summed E-state index contributed by atoms with van der Waals surface area (Å²) < 4.78 is 1.87. The summed E-state index contributed by atoms with van der Waals surface area (Å²) in [5, 5.41) is 0.956. The van der Waals surface area contributed by atoms with Crippen LogP contribution in [0.2, 0.25) is 0 Å². The van der Waals surface area contributed by atoms with Crippen molar-refractivity contribution in [1.29, 1.82) is 0 Å². The zero-order valence-corrected chi connectivity index (χ0v) is 8.29. The van der Waals surface area contributed by atoms with Crippen molar-refractivity contribution in [2.45, 2.75) is 0 Å². The standard InChI is InChI=1S/C11H8N4O/c12-10(16)9-2-1-7-5-8-6-13-3-4-15(8)11(7)14-9/h1-6H,(H2,12,16). The van der Waals surface area contributed by atoms with Crippen molar-refractivity contribution in [2.24, 2.45) is 5.73 Å². The molecule has 1 amide bonds. The van der Waals surface area contributed by atoms with Gasteiger partial charge >= 0.3 is 0 Å². The minimum absolute atomic E-state index is 0.268. The topological polar surface area (TPSA) is 73.3 Å². The number of nitrogens with two attached hydrogens (primary N) is 1. The Bertz CT molecular complexity index is 701. The molecule has 16 heavy (non-hydrogen) atoms. The number of aromatic nitrogens is 3. The quantitative estimate of drug-likeness (QED) is 0.653. The third-order valence-corrected chi connectivity index (χ3v) is 2.48. The zero-order valence-electron chi connectivity index (χ0n) is 8.29. The van der Waals surface area contributed by atoms with Crippen LogP contribution in [0.15, 0.2) is 36.8 Å². The van der Waals surface area contributed by atoms with Crippen LogP contribution in [0.4, 0.5) is 0 Å². The van der Waals surface area contributed by atoms with Gasteiger partial charge in [0, 0.05) is 17.8 Å². The van der Waals surface area contributed by atoms with Gasteiger partial charge in [-0.2, -0.15) is 0 Å². The van der Waals surface area contributed by atoms with Gasteiger partial charge in [-0.05, 0) is 18.2 Å². The zero-order chi connectivity index (χ0) is 11.1. The summed E-state index contributed by atoms with van der Waals surface area (Å²) in [6, 6.07) is 5.41. The van der Waals surface area contributed by atoms with E-state index >= 15 is 0 Å². The number of carbonyl (C=O) groups excluding carboxylic acids is 1. The molecular formula is C11H8N4O. The van der Waals surface area contributed by atoms with E-state index in [4.69, 9.17) is 5.73 Å². The van der Waals surface area contributed by atoms with Crippen molar-refractivity contribution in [3.05, 3.63) is 42.5 Å². The highest BCUT2D eigenvalue weighted by atomic mass is 16.1. The number of primary amides is 1. The van der Waals surface area contributed by atoms with E-state index in [9.17, 15) is 4.79 Å². The number of nitrogens with zero attached hydrogens (tertiary/aromatic N) is 3. The van der Waals surface area contributed by atoms with Crippen LogP contribution in [0.5, 0.6) is 0 Å². The maximum Gasteiger partial charge on any atom is 0.267 e. The molecule has 0 bridgehead atoms. The van der Waals surface area contributed by atoms with Gasteiger partial charge < -0.3 is 5.73 Å². The first-order valence-electron chi connectivity index (χ1n) is 4.77. The third kappa shape index (κ3) is 1.15. The fourth-order valence-electron chi connectivity index (χ4n) is 1.73. The molecule has 0 aliphatic carbocycles. The highest BCUT2D eigenvalue weighted by molar-refractivity contribution is 5.94. The Kier molecular flexibility index (Phi) is 1.67. The van der Waals surface area contributed by atoms with E-state index in [2.05, 4.69) is 9.97 Å². The van der Waals surface area contributed by atoms with Crippen LogP contribution < -0.4 is 5.73 Å². The van der Waals surface area contributed by atoms with Gasteiger partial charge in [-0.25, -0.2) is 4.98 Å². The first-order valence-corrected chi connectivity index (χ1v) is 4.77. The Morgan fingerprint density at radius 2 is 2.25 bits per heavy atom. The van der Waals surface area contributed by atoms with Gasteiger partial charge in [-0.15, -0.1) is 0 Å². The van der Waals surface area contributed by atoms with Crippen LogP contribution in [0.25, 0.3) is 16.6 Å². The molecule has 3 aromatic heterocycles. The van der Waals surface area contributed by atoms with Crippen molar-refractivity contribution in [2.75, 3.05) is 0 Å². The van der Waals surface area contributed by atoms with Gasteiger partial charge in [0.1, 0.15) is 11.3 Å². The van der Waals surface area contributed by atoms with Crippen LogP contribution in [0.3, 0.4) is 0 Å². The molecular weight excluding hydrogens is 204 g/mol. The van der Waals surface area contributed by atoms with Gasteiger partial charge in [0.2, 0.25) is 0 Å². The molecule has 0 aliphatic heterocycles. The number of carbonyl (C=O) groups is 1. The summed E-state index contributed by atoms with van der Waals surface area (Å²) in [6.45, 7) is 0. The summed E-state index contributed by atoms with van der Waals surface area (Å²) in [5.74, 6) is -0.522. The molecule has 0 saturated carbocycles. The summed E-state index contributed by atoms with van der Waals surface area (Å²) in [4.78, 5) is 19.3. The highest BCUT2D eigenvalue weighted by Crippen LogP contribution is 2.17. The van der Waals surface area contributed by atoms with E-state index in [1.165, 1.54) is 0 Å². The van der Waals surface area contributed by atoms with E-state index in [-0.39, 0.29) is 5.69 Å². The molecule has 0 aromatic carbocycles. The van der Waals surface area contributed by atoms with Crippen LogP contribution in [-0.2, 0) is 0 Å². The summed E-state index contributed by atoms with van der Waals surface area (Å²) in [5.41, 5.74) is 7.12. The molecule has 5 heteroatoms. The lowest BCUT2D eigenvalue weighted by Gasteiger charge is -1.97. The smallest absolute Gasteiger partial charge is 0.267 e. The number of fused-ring (bicyclic) bond motifs is 3. The highest BCUT2D eigenvalue weighted by Gasteiger charge is 2.07. The van der Waals surface area contributed by atoms with Crippen molar-refractivity contribution >= 4 is 22.5 Å². The fraction of sp³-hybridized carbons (Fsp3) is 0. The molecule has 0 spiro atoms. The predicted octanol–water partition coefficient (Wildman–Crippen LogP) is 0.981. The number of amides is 1. The maximum absolute atomic E-state index is 11.0. The average molecular weight is 212 g/mol. The van der Waals surface area contributed by atoms with E-state index in [0.717, 1.165) is 10.9 Å². The van der Waals surface area contributed by atoms with Crippen molar-refractivity contribution in [3.8, 4) is 0 Å². The minimum atomic E-state index is -0.522. The number of rotatable bonds is 1. The largest absolute Gasteiger partial charge is 0.364 e. The predicted molar refractivity (Wildman–Crippen MR) is 59.0 cm³/mol. The Hall–Kier alpha value is -2.43. The lowest BCUT2D eigenvalue weighted by molar-refractivity contribution is 0.0996. The molecule has 0 atom stereocenters. The number of pyridine rings is 1. The second kappa shape index (κ2) is 3.03. The van der Waals surface area contributed by atoms with Crippen molar-refractivity contribution < 1.29 is 4.79 Å². The summed E-state index contributed by atoms with van der Waals surface area (Å²) >= 11 is 0.